The molecule has 2 rings (SSSR count). The van der Waals surface area contributed by atoms with E-state index >= 15 is 0 Å². The highest BCUT2D eigenvalue weighted by Crippen LogP contribution is 2.28. The van der Waals surface area contributed by atoms with Gasteiger partial charge in [0.2, 0.25) is 0 Å². The number of aliphatic hydroxyl groups excluding tert-OH is 2. The molecule has 3 N–H and O–H groups in total. The van der Waals surface area contributed by atoms with E-state index in [0.29, 0.717) is 6.20 Å². The Balaban J connectivity index is 0.000000970. The summed E-state index contributed by atoms with van der Waals surface area (Å²) in [6.45, 7) is 3.72. The second-order valence-electron chi connectivity index (χ2n) is 5.97. The van der Waals surface area contributed by atoms with Crippen LogP contribution in [0.2, 0.25) is 0 Å². The normalized spacial score (nSPS) is 26.8. The molecule has 10 heteroatoms. The summed E-state index contributed by atoms with van der Waals surface area (Å²) in [4.78, 5) is 6.88. The van der Waals surface area contributed by atoms with Crippen LogP contribution in [0.3, 0.4) is 0 Å². The zero-order valence-corrected chi connectivity index (χ0v) is 14.5. The molecule has 7 nitrogen and oxygen atoms in total. The lowest BCUT2D eigenvalue weighted by Gasteiger charge is -2.39. The monoisotopic (exact) mass is 367 g/mol. The molecule has 0 saturated carbocycles. The van der Waals surface area contributed by atoms with Gasteiger partial charge in [0.15, 0.2) is 5.69 Å². The first-order valence-electron chi connectivity index (χ1n) is 7.65. The van der Waals surface area contributed by atoms with Gasteiger partial charge >= 0.3 is 6.18 Å². The number of ether oxygens (including phenoxy) is 2. The summed E-state index contributed by atoms with van der Waals surface area (Å²) in [5.74, 6) is -0.142. The van der Waals surface area contributed by atoms with E-state index in [1.165, 1.54) is 0 Å². The molecule has 144 valence electrons. The Kier molecular flexibility index (Phi) is 8.00. The Bertz CT molecular complexity index is 531. The van der Waals surface area contributed by atoms with Crippen molar-refractivity contribution in [1.82, 2.24) is 9.97 Å². The number of alkyl halides is 3. The zero-order chi connectivity index (χ0) is 19.2. The molecular formula is C15H24F3N3O4. The predicted molar refractivity (Wildman–Crippen MR) is 84.0 cm³/mol. The minimum absolute atomic E-state index is 0.000973. The van der Waals surface area contributed by atoms with Gasteiger partial charge in [-0.1, -0.05) is 13.8 Å². The molecule has 0 bridgehead atoms. The lowest BCUT2D eigenvalue weighted by Crippen LogP contribution is -2.57. The van der Waals surface area contributed by atoms with Crippen LogP contribution in [-0.2, 0) is 15.7 Å². The molecule has 25 heavy (non-hydrogen) atoms. The lowest BCUT2D eigenvalue weighted by molar-refractivity contribution is -0.154. The summed E-state index contributed by atoms with van der Waals surface area (Å²) in [6, 6.07) is -0.775. The first-order chi connectivity index (χ1) is 11.6. The van der Waals surface area contributed by atoms with Crippen molar-refractivity contribution in [2.24, 2.45) is 5.92 Å². The minimum Gasteiger partial charge on any atom is -0.388 e. The number of nitrogens with one attached hydrogen (secondary N) is 1. The fourth-order valence-electron chi connectivity index (χ4n) is 2.32. The van der Waals surface area contributed by atoms with Crippen LogP contribution in [-0.4, -0.2) is 65.4 Å². The van der Waals surface area contributed by atoms with E-state index in [-0.39, 0.29) is 18.3 Å². The summed E-state index contributed by atoms with van der Waals surface area (Å²) < 4.78 is 47.5. The fourth-order valence-corrected chi connectivity index (χ4v) is 2.32. The number of anilines is 1. The van der Waals surface area contributed by atoms with Crippen LogP contribution in [0.5, 0.6) is 0 Å². The average molecular weight is 367 g/mol. The van der Waals surface area contributed by atoms with E-state index in [2.05, 4.69) is 20.0 Å². The molecule has 1 saturated heterocycles. The molecule has 1 fully saturated rings. The minimum atomic E-state index is -4.60. The van der Waals surface area contributed by atoms with Crippen molar-refractivity contribution >= 4 is 5.82 Å². The highest BCUT2D eigenvalue weighted by atomic mass is 19.4. The predicted octanol–water partition coefficient (Wildman–Crippen LogP) is 1.32. The van der Waals surface area contributed by atoms with Crippen molar-refractivity contribution in [2.45, 2.75) is 44.4 Å². The third kappa shape index (κ3) is 6.07. The maximum absolute atomic E-state index is 12.6. The average Bonchev–Trinajstić information content (AvgIpc) is 2.52. The van der Waals surface area contributed by atoms with Crippen molar-refractivity contribution < 1.29 is 32.9 Å². The molecule has 2 heterocycles. The number of rotatable bonds is 3. The smallest absolute Gasteiger partial charge is 0.388 e. The Labute approximate surface area is 144 Å². The molecule has 0 aliphatic carbocycles. The topological polar surface area (TPSA) is 96.7 Å². The van der Waals surface area contributed by atoms with Gasteiger partial charge in [0.05, 0.1) is 31.1 Å². The second-order valence-corrected chi connectivity index (χ2v) is 5.97. The maximum Gasteiger partial charge on any atom is 0.434 e. The highest BCUT2D eigenvalue weighted by Gasteiger charge is 2.40. The van der Waals surface area contributed by atoms with Gasteiger partial charge < -0.3 is 25.0 Å². The van der Waals surface area contributed by atoms with Gasteiger partial charge in [0.1, 0.15) is 18.0 Å². The van der Waals surface area contributed by atoms with Crippen molar-refractivity contribution in [2.75, 3.05) is 26.1 Å². The summed E-state index contributed by atoms with van der Waals surface area (Å²) in [7, 11) is 3.25. The van der Waals surface area contributed by atoms with Gasteiger partial charge in [-0.25, -0.2) is 4.98 Å². The Hall–Kier alpha value is -1.49. The van der Waals surface area contributed by atoms with Crippen LogP contribution in [0.15, 0.2) is 12.4 Å². The van der Waals surface area contributed by atoms with Gasteiger partial charge in [-0.15, -0.1) is 0 Å². The lowest BCUT2D eigenvalue weighted by atomic mass is 9.91. The summed E-state index contributed by atoms with van der Waals surface area (Å²) in [5.41, 5.74) is -1.13. The number of methoxy groups -OCH3 is 1. The van der Waals surface area contributed by atoms with Crippen molar-refractivity contribution in [3.63, 3.8) is 0 Å². The van der Waals surface area contributed by atoms with Crippen LogP contribution in [0.1, 0.15) is 19.5 Å². The van der Waals surface area contributed by atoms with Gasteiger partial charge in [-0.05, 0) is 5.92 Å². The van der Waals surface area contributed by atoms with E-state index in [1.807, 2.05) is 13.8 Å². The zero-order valence-electron chi connectivity index (χ0n) is 14.5. The third-order valence-electron chi connectivity index (χ3n) is 3.48. The Morgan fingerprint density at radius 3 is 2.36 bits per heavy atom. The molecule has 4 unspecified atom stereocenters. The van der Waals surface area contributed by atoms with Crippen LogP contribution < -0.4 is 5.32 Å². The first-order valence-corrected chi connectivity index (χ1v) is 7.65. The number of nitrogens with zero attached hydrogens (tertiary/aromatic N) is 2. The molecule has 0 amide bonds. The molecule has 1 aliphatic heterocycles. The second kappa shape index (κ2) is 9.27. The molecule has 4 atom stereocenters. The number of hydrogen-bond donors (Lipinski definition) is 3. The third-order valence-corrected chi connectivity index (χ3v) is 3.48. The standard InChI is InChI=1S/C13H18F3N3O3.C2H6O/c1-6(2)12-11(21)10(20)7(5-22-12)18-9-4-17-3-8(19-9)13(14,15)16;1-3-2/h3-4,6-7,10-12,20-21H,5H2,1-2H3,(H,18,19);1-2H3. The Morgan fingerprint density at radius 2 is 1.84 bits per heavy atom. The number of aliphatic hydroxyl groups is 2. The van der Waals surface area contributed by atoms with E-state index < -0.39 is 36.2 Å². The maximum atomic E-state index is 12.6. The van der Waals surface area contributed by atoms with Crippen molar-refractivity contribution in [3.8, 4) is 0 Å². The van der Waals surface area contributed by atoms with Gasteiger partial charge in [-0.2, -0.15) is 13.2 Å². The van der Waals surface area contributed by atoms with E-state index in [1.54, 1.807) is 14.2 Å². The van der Waals surface area contributed by atoms with E-state index in [9.17, 15) is 23.4 Å². The summed E-state index contributed by atoms with van der Waals surface area (Å²) in [5, 5.41) is 22.7. The highest BCUT2D eigenvalue weighted by molar-refractivity contribution is 5.34. The van der Waals surface area contributed by atoms with Crippen LogP contribution >= 0.6 is 0 Å². The SMILES string of the molecule is CC(C)C1OCC(Nc2cncc(C(F)(F)F)n2)C(O)C1O.COC. The number of hydrogen-bond acceptors (Lipinski definition) is 7. The van der Waals surface area contributed by atoms with Crippen LogP contribution in [0.4, 0.5) is 19.0 Å². The largest absolute Gasteiger partial charge is 0.434 e. The molecular weight excluding hydrogens is 343 g/mol. The molecule has 1 aromatic heterocycles. The van der Waals surface area contributed by atoms with E-state index in [0.717, 1.165) is 6.20 Å². The van der Waals surface area contributed by atoms with Gasteiger partial charge in [0.25, 0.3) is 0 Å². The van der Waals surface area contributed by atoms with Gasteiger partial charge in [0, 0.05) is 14.2 Å². The molecule has 0 radical (unpaired) electrons. The van der Waals surface area contributed by atoms with Gasteiger partial charge in [-0.3, -0.25) is 4.98 Å². The molecule has 0 spiro atoms. The summed E-state index contributed by atoms with van der Waals surface area (Å²) in [6.07, 6.45) is -5.72. The number of halogens is 3. The van der Waals surface area contributed by atoms with E-state index in [4.69, 9.17) is 4.74 Å². The molecule has 1 aromatic rings. The first kappa shape index (κ1) is 21.6. The van der Waals surface area contributed by atoms with Crippen LogP contribution in [0.25, 0.3) is 0 Å². The number of aromatic nitrogens is 2. The quantitative estimate of drug-likeness (QED) is 0.741. The molecule has 0 aromatic carbocycles. The summed E-state index contributed by atoms with van der Waals surface area (Å²) >= 11 is 0. The fraction of sp³-hybridized carbons (Fsp3) is 0.733. The van der Waals surface area contributed by atoms with Crippen molar-refractivity contribution in [1.29, 1.82) is 0 Å². The van der Waals surface area contributed by atoms with Crippen LogP contribution in [0, 0.1) is 5.92 Å². The van der Waals surface area contributed by atoms with Crippen molar-refractivity contribution in [3.05, 3.63) is 18.1 Å². The Morgan fingerprint density at radius 1 is 1.24 bits per heavy atom. The molecule has 1 aliphatic rings.